The quantitative estimate of drug-likeness (QED) is 0.133. The first kappa shape index (κ1) is 36.6. The number of nitrogens with two attached hydrogens (primary N) is 1. The average Bonchev–Trinajstić information content (AvgIpc) is 3.08. The molecule has 2 amide bonds. The number of oxime groups is 1. The van der Waals surface area contributed by atoms with Gasteiger partial charge in [0, 0.05) is 32.1 Å². The highest BCUT2D eigenvalue weighted by Gasteiger charge is 2.32. The van der Waals surface area contributed by atoms with Crippen molar-refractivity contribution in [2.24, 2.45) is 16.8 Å². The van der Waals surface area contributed by atoms with Crippen LogP contribution in [0, 0.1) is 5.92 Å². The number of nitrogens with one attached hydrogen (secondary N) is 2. The van der Waals surface area contributed by atoms with Crippen LogP contribution in [0.2, 0.25) is 0 Å². The van der Waals surface area contributed by atoms with Crippen LogP contribution >= 0.6 is 0 Å². The van der Waals surface area contributed by atoms with E-state index in [1.807, 2.05) is 24.3 Å². The van der Waals surface area contributed by atoms with Crippen LogP contribution in [-0.4, -0.2) is 64.3 Å². The fourth-order valence-electron chi connectivity index (χ4n) is 6.02. The summed E-state index contributed by atoms with van der Waals surface area (Å²) in [5.74, 6) is 0.337. The maximum absolute atomic E-state index is 14.1. The lowest BCUT2D eigenvalue weighted by Gasteiger charge is -2.34. The maximum atomic E-state index is 14.1. The van der Waals surface area contributed by atoms with Gasteiger partial charge in [-0.25, -0.2) is 8.42 Å². The molecule has 0 saturated carbocycles. The van der Waals surface area contributed by atoms with E-state index in [1.165, 1.54) is 12.7 Å². The maximum Gasteiger partial charge on any atom is 0.241 e. The second-order valence-corrected chi connectivity index (χ2v) is 15.1. The van der Waals surface area contributed by atoms with Crippen molar-refractivity contribution in [3.8, 4) is 11.1 Å². The third-order valence-electron chi connectivity index (χ3n) is 8.90. The minimum Gasteiger partial charge on any atom is -0.397 e. The molecule has 258 valence electrons. The number of hydrogen-bond acceptors (Lipinski definition) is 6. The lowest BCUT2D eigenvalue weighted by molar-refractivity contribution is -0.134. The third kappa shape index (κ3) is 9.90. The molecule has 1 aliphatic heterocycles. The smallest absolute Gasteiger partial charge is 0.241 e. The van der Waals surface area contributed by atoms with Crippen molar-refractivity contribution in [2.45, 2.75) is 75.6 Å². The summed E-state index contributed by atoms with van der Waals surface area (Å²) < 4.78 is 30.6. The third-order valence-corrected chi connectivity index (χ3v) is 10.4. The topological polar surface area (TPSA) is 143 Å². The number of carbonyl (C=O) groups is 2. The molecule has 3 aromatic rings. The van der Waals surface area contributed by atoms with Crippen LogP contribution in [0.1, 0.15) is 69.6 Å². The fraction of sp³-hybridized carbons (Fsp3) is 0.432. The molecule has 0 aliphatic carbocycles. The van der Waals surface area contributed by atoms with Crippen LogP contribution in [0.25, 0.3) is 11.1 Å². The summed E-state index contributed by atoms with van der Waals surface area (Å²) in [4.78, 5) is 32.3. The first-order valence-corrected chi connectivity index (χ1v) is 18.0. The fourth-order valence-corrected chi connectivity index (χ4v) is 7.26. The molecule has 11 heteroatoms. The van der Waals surface area contributed by atoms with E-state index in [4.69, 9.17) is 10.6 Å². The average molecular weight is 676 g/mol. The van der Waals surface area contributed by atoms with E-state index >= 15 is 0 Å². The number of nitrogens with zero attached hydrogens (tertiary/aromatic N) is 2. The van der Waals surface area contributed by atoms with E-state index in [-0.39, 0.29) is 34.4 Å². The van der Waals surface area contributed by atoms with Crippen LogP contribution in [0.15, 0.2) is 82.8 Å². The van der Waals surface area contributed by atoms with E-state index < -0.39 is 16.1 Å². The Balaban J connectivity index is 1.56. The molecule has 4 rings (SSSR count). The van der Waals surface area contributed by atoms with E-state index in [2.05, 4.69) is 48.1 Å². The molecule has 0 radical (unpaired) electrons. The molecule has 1 saturated heterocycles. The number of likely N-dealkylation sites (tertiary alicyclic amines) is 1. The summed E-state index contributed by atoms with van der Waals surface area (Å²) in [6, 6.07) is 21.0. The second-order valence-electron chi connectivity index (χ2n) is 13.4. The van der Waals surface area contributed by atoms with Gasteiger partial charge in [0.1, 0.15) is 13.2 Å². The zero-order chi connectivity index (χ0) is 34.9. The van der Waals surface area contributed by atoms with Crippen LogP contribution in [0.5, 0.6) is 0 Å². The van der Waals surface area contributed by atoms with Gasteiger partial charge in [-0.05, 0) is 83.9 Å². The minimum absolute atomic E-state index is 0.000936. The monoisotopic (exact) mass is 675 g/mol. The van der Waals surface area contributed by atoms with Gasteiger partial charge in [0.15, 0.2) is 5.84 Å². The molecule has 0 unspecified atom stereocenters. The van der Waals surface area contributed by atoms with Crippen molar-refractivity contribution in [1.29, 1.82) is 0 Å². The summed E-state index contributed by atoms with van der Waals surface area (Å²) in [5, 5.41) is 6.45. The molecule has 0 aromatic heterocycles. The van der Waals surface area contributed by atoms with Gasteiger partial charge in [-0.2, -0.15) is 4.72 Å². The Morgan fingerprint density at radius 2 is 1.69 bits per heavy atom. The Morgan fingerprint density at radius 1 is 1.00 bits per heavy atom. The first-order chi connectivity index (χ1) is 22.8. The molecule has 48 heavy (non-hydrogen) atoms. The molecule has 1 atom stereocenters. The number of rotatable bonds is 13. The molecule has 1 fully saturated rings. The predicted octanol–water partition coefficient (Wildman–Crippen LogP) is 4.96. The normalized spacial score (nSPS) is 15.2. The van der Waals surface area contributed by atoms with Crippen molar-refractivity contribution >= 4 is 27.7 Å². The van der Waals surface area contributed by atoms with Crippen LogP contribution in [0.4, 0.5) is 0 Å². The SMILES string of the molecule is CNC(=O)CCCC1CCN(C(=O)[C@@H](Cc2cccc(/C(N)=N/OC)c2)NS(=O)(=O)c2cccc(-c3ccc(C(C)(C)C)cc3)c2)CC1. The Kier molecular flexibility index (Phi) is 12.4. The first-order valence-electron chi connectivity index (χ1n) is 16.5. The predicted molar refractivity (Wildman–Crippen MR) is 190 cm³/mol. The number of benzene rings is 3. The largest absolute Gasteiger partial charge is 0.397 e. The summed E-state index contributed by atoms with van der Waals surface area (Å²) >= 11 is 0. The molecule has 1 heterocycles. The van der Waals surface area contributed by atoms with Crippen molar-refractivity contribution in [3.63, 3.8) is 0 Å². The highest BCUT2D eigenvalue weighted by molar-refractivity contribution is 7.89. The zero-order valence-corrected chi connectivity index (χ0v) is 29.5. The van der Waals surface area contributed by atoms with Gasteiger partial charge in [-0.15, -0.1) is 0 Å². The number of hydrogen-bond donors (Lipinski definition) is 3. The van der Waals surface area contributed by atoms with Gasteiger partial charge < -0.3 is 20.8 Å². The van der Waals surface area contributed by atoms with Crippen molar-refractivity contribution in [2.75, 3.05) is 27.2 Å². The van der Waals surface area contributed by atoms with Gasteiger partial charge >= 0.3 is 0 Å². The Labute approximate surface area is 285 Å². The highest BCUT2D eigenvalue weighted by Crippen LogP contribution is 2.28. The highest BCUT2D eigenvalue weighted by atomic mass is 32.2. The molecular weight excluding hydrogens is 627 g/mol. The number of amidine groups is 1. The Bertz CT molecular complexity index is 1690. The van der Waals surface area contributed by atoms with Gasteiger partial charge in [0.2, 0.25) is 21.8 Å². The van der Waals surface area contributed by atoms with Crippen molar-refractivity contribution < 1.29 is 22.8 Å². The van der Waals surface area contributed by atoms with Crippen LogP contribution in [-0.2, 0) is 36.3 Å². The molecule has 0 bridgehead atoms. The number of amides is 2. The van der Waals surface area contributed by atoms with Gasteiger partial charge in [0.05, 0.1) is 4.90 Å². The molecule has 10 nitrogen and oxygen atoms in total. The number of piperidine rings is 1. The lowest BCUT2D eigenvalue weighted by Crippen LogP contribution is -2.51. The Hall–Kier alpha value is -4.22. The van der Waals surface area contributed by atoms with E-state index in [9.17, 15) is 18.0 Å². The second kappa shape index (κ2) is 16.3. The van der Waals surface area contributed by atoms with E-state index in [0.717, 1.165) is 42.4 Å². The molecule has 4 N–H and O–H groups in total. The van der Waals surface area contributed by atoms with E-state index in [1.54, 1.807) is 48.3 Å². The van der Waals surface area contributed by atoms with Gasteiger partial charge in [0.25, 0.3) is 0 Å². The Morgan fingerprint density at radius 3 is 2.33 bits per heavy atom. The number of carbonyl (C=O) groups excluding carboxylic acids is 2. The van der Waals surface area contributed by atoms with Crippen LogP contribution in [0.3, 0.4) is 0 Å². The number of sulfonamides is 1. The van der Waals surface area contributed by atoms with Gasteiger partial charge in [-0.3, -0.25) is 9.59 Å². The summed E-state index contributed by atoms with van der Waals surface area (Å²) in [5.41, 5.74) is 10.2. The minimum atomic E-state index is -4.10. The molecule has 3 aromatic carbocycles. The molecular formula is C37H49N5O5S. The standard InChI is InChI=1S/C37H49N5O5S/c1-37(2,3)31-17-15-28(16-18-31)29-11-8-13-32(25-29)48(45,46)41-33(24-27-10-6-12-30(23-27)35(38)40-47-5)36(44)42-21-19-26(20-22-42)9-7-14-34(43)39-4/h6,8,10-13,15-18,23,25-26,33,41H,7,9,14,19-22,24H2,1-5H3,(H2,38,40)(H,39,43)/t33-/m1/s1. The van der Waals surface area contributed by atoms with E-state index in [0.29, 0.717) is 31.0 Å². The lowest BCUT2D eigenvalue weighted by atomic mass is 9.86. The van der Waals surface area contributed by atoms with Gasteiger partial charge in [-0.1, -0.05) is 80.5 Å². The summed E-state index contributed by atoms with van der Waals surface area (Å²) in [7, 11) is -1.06. The molecule has 0 spiro atoms. The summed E-state index contributed by atoms with van der Waals surface area (Å²) in [6.45, 7) is 7.49. The van der Waals surface area contributed by atoms with Crippen LogP contribution < -0.4 is 15.8 Å². The zero-order valence-electron chi connectivity index (χ0n) is 28.7. The van der Waals surface area contributed by atoms with Crippen molar-refractivity contribution in [1.82, 2.24) is 14.9 Å². The summed E-state index contributed by atoms with van der Waals surface area (Å²) in [6.07, 6.45) is 3.92. The van der Waals surface area contributed by atoms with Crippen molar-refractivity contribution in [3.05, 3.63) is 89.5 Å². The molecule has 1 aliphatic rings.